The van der Waals surface area contributed by atoms with Gasteiger partial charge in [0, 0.05) is 7.11 Å². The molecule has 0 amide bonds. The summed E-state index contributed by atoms with van der Waals surface area (Å²) in [6.45, 7) is 6.32. The lowest BCUT2D eigenvalue weighted by Crippen LogP contribution is -2.33. The van der Waals surface area contributed by atoms with Gasteiger partial charge in [-0.05, 0) is 31.5 Å². The zero-order valence-electron chi connectivity index (χ0n) is 15.8. The van der Waals surface area contributed by atoms with Crippen molar-refractivity contribution in [2.24, 2.45) is 0 Å². The van der Waals surface area contributed by atoms with E-state index in [1.54, 1.807) is 11.7 Å². The maximum absolute atomic E-state index is 12.9. The number of ether oxygens (including phenoxy) is 1. The minimum Gasteiger partial charge on any atom is -0.383 e. The first kappa shape index (κ1) is 19.6. The molecule has 0 saturated heterocycles. The van der Waals surface area contributed by atoms with Gasteiger partial charge in [0.15, 0.2) is 0 Å². The highest BCUT2D eigenvalue weighted by Crippen LogP contribution is 2.17. The molecule has 2 rings (SSSR count). The van der Waals surface area contributed by atoms with E-state index in [4.69, 9.17) is 9.72 Å². The van der Waals surface area contributed by atoms with Gasteiger partial charge in [0.05, 0.1) is 30.1 Å². The number of hydrogen-bond donors (Lipinski definition) is 1. The molecule has 25 heavy (non-hydrogen) atoms. The van der Waals surface area contributed by atoms with Crippen LogP contribution in [0.15, 0.2) is 29.1 Å². The number of nitrogens with one attached hydrogen (secondary N) is 1. The molecule has 0 unspecified atom stereocenters. The number of para-hydroxylation sites is 1. The van der Waals surface area contributed by atoms with Gasteiger partial charge in [-0.1, -0.05) is 45.2 Å². The fourth-order valence-corrected chi connectivity index (χ4v) is 3.10. The Hall–Kier alpha value is -1.72. The normalized spacial score (nSPS) is 12.6. The molecule has 5 nitrogen and oxygen atoms in total. The average Bonchev–Trinajstić information content (AvgIpc) is 2.64. The van der Waals surface area contributed by atoms with E-state index >= 15 is 0 Å². The molecule has 1 heterocycles. The van der Waals surface area contributed by atoms with Gasteiger partial charge in [-0.15, -0.1) is 0 Å². The van der Waals surface area contributed by atoms with Crippen LogP contribution in [0, 0.1) is 0 Å². The molecule has 0 aliphatic heterocycles. The zero-order chi connectivity index (χ0) is 18.1. The van der Waals surface area contributed by atoms with Crippen molar-refractivity contribution in [3.63, 3.8) is 0 Å². The van der Waals surface area contributed by atoms with Gasteiger partial charge in [0.25, 0.3) is 5.56 Å². The summed E-state index contributed by atoms with van der Waals surface area (Å²) >= 11 is 0. The number of aromatic nitrogens is 2. The molecule has 0 fully saturated rings. The topological polar surface area (TPSA) is 56.2 Å². The first-order valence-electron chi connectivity index (χ1n) is 9.44. The summed E-state index contributed by atoms with van der Waals surface area (Å²) in [6, 6.07) is 7.65. The summed E-state index contributed by atoms with van der Waals surface area (Å²) in [5.41, 5.74) is 0.784. The summed E-state index contributed by atoms with van der Waals surface area (Å²) in [6.07, 6.45) is 5.79. The van der Waals surface area contributed by atoms with Gasteiger partial charge in [0.1, 0.15) is 5.82 Å². The Labute approximate surface area is 150 Å². The molecular weight excluding hydrogens is 314 g/mol. The van der Waals surface area contributed by atoms with Crippen molar-refractivity contribution in [3.8, 4) is 0 Å². The third kappa shape index (κ3) is 5.13. The first-order valence-corrected chi connectivity index (χ1v) is 9.44. The Morgan fingerprint density at radius 3 is 2.72 bits per heavy atom. The number of fused-ring (bicyclic) bond motifs is 1. The van der Waals surface area contributed by atoms with Gasteiger partial charge in [-0.25, -0.2) is 4.98 Å². The summed E-state index contributed by atoms with van der Waals surface area (Å²) in [4.78, 5) is 17.8. The van der Waals surface area contributed by atoms with Crippen LogP contribution in [0.1, 0.15) is 57.8 Å². The lowest BCUT2D eigenvalue weighted by atomic mass is 10.1. The molecule has 1 atom stereocenters. The standard InChI is InChI=1S/C20H31N3O2/c1-4-6-7-10-13-21-17(5-2)19-22-18-12-9-8-11-16(18)20(24)23(19)14-15-25-3/h8-9,11-12,17,21H,4-7,10,13-15H2,1-3H3/t17-/m1/s1. The Balaban J connectivity index is 2.30. The molecule has 0 radical (unpaired) electrons. The van der Waals surface area contributed by atoms with Crippen molar-refractivity contribution in [2.45, 2.75) is 58.5 Å². The fourth-order valence-electron chi connectivity index (χ4n) is 3.10. The second kappa shape index (κ2) is 10.3. The highest BCUT2D eigenvalue weighted by molar-refractivity contribution is 5.77. The number of nitrogens with zero attached hydrogens (tertiary/aromatic N) is 2. The number of hydrogen-bond acceptors (Lipinski definition) is 4. The van der Waals surface area contributed by atoms with Crippen LogP contribution in [0.25, 0.3) is 10.9 Å². The maximum atomic E-state index is 12.9. The molecule has 0 bridgehead atoms. The lowest BCUT2D eigenvalue weighted by Gasteiger charge is -2.21. The van der Waals surface area contributed by atoms with E-state index in [0.717, 1.165) is 30.7 Å². The molecule has 0 saturated carbocycles. The molecule has 1 aromatic carbocycles. The molecule has 2 aromatic rings. The highest BCUT2D eigenvalue weighted by Gasteiger charge is 2.18. The third-order valence-corrected chi connectivity index (χ3v) is 4.55. The third-order valence-electron chi connectivity index (χ3n) is 4.55. The van der Waals surface area contributed by atoms with Crippen LogP contribution >= 0.6 is 0 Å². The quantitative estimate of drug-likeness (QED) is 0.632. The van der Waals surface area contributed by atoms with Crippen LogP contribution in [-0.2, 0) is 11.3 Å². The van der Waals surface area contributed by atoms with E-state index in [2.05, 4.69) is 19.2 Å². The Morgan fingerprint density at radius 2 is 2.00 bits per heavy atom. The van der Waals surface area contributed by atoms with E-state index in [1.165, 1.54) is 19.3 Å². The van der Waals surface area contributed by atoms with E-state index in [-0.39, 0.29) is 11.6 Å². The summed E-state index contributed by atoms with van der Waals surface area (Å²) in [5.74, 6) is 0.818. The first-order chi connectivity index (χ1) is 12.2. The molecular formula is C20H31N3O2. The minimum absolute atomic E-state index is 0.0175. The smallest absolute Gasteiger partial charge is 0.261 e. The maximum Gasteiger partial charge on any atom is 0.261 e. The van der Waals surface area contributed by atoms with Crippen LogP contribution in [0.2, 0.25) is 0 Å². The summed E-state index contributed by atoms with van der Waals surface area (Å²) in [7, 11) is 1.66. The molecule has 1 aromatic heterocycles. The van der Waals surface area contributed by atoms with Gasteiger partial charge < -0.3 is 10.1 Å². The fraction of sp³-hybridized carbons (Fsp3) is 0.600. The van der Waals surface area contributed by atoms with Gasteiger partial charge in [-0.2, -0.15) is 0 Å². The predicted molar refractivity (Wildman–Crippen MR) is 103 cm³/mol. The molecule has 1 N–H and O–H groups in total. The summed E-state index contributed by atoms with van der Waals surface area (Å²) < 4.78 is 6.98. The van der Waals surface area contributed by atoms with Crippen molar-refractivity contribution in [3.05, 3.63) is 40.4 Å². The molecule has 5 heteroatoms. The van der Waals surface area contributed by atoms with Crippen molar-refractivity contribution >= 4 is 10.9 Å². The van der Waals surface area contributed by atoms with Gasteiger partial charge in [0.2, 0.25) is 0 Å². The van der Waals surface area contributed by atoms with E-state index < -0.39 is 0 Å². The molecule has 138 valence electrons. The zero-order valence-corrected chi connectivity index (χ0v) is 15.8. The molecule has 0 spiro atoms. The SMILES string of the molecule is CCCCCCN[C@H](CC)c1nc2ccccc2c(=O)n1CCOC. The largest absolute Gasteiger partial charge is 0.383 e. The van der Waals surface area contributed by atoms with Crippen molar-refractivity contribution in [1.82, 2.24) is 14.9 Å². The van der Waals surface area contributed by atoms with E-state index in [9.17, 15) is 4.79 Å². The van der Waals surface area contributed by atoms with Gasteiger partial charge >= 0.3 is 0 Å². The molecule has 0 aliphatic rings. The van der Waals surface area contributed by atoms with E-state index in [0.29, 0.717) is 18.5 Å². The second-order valence-corrected chi connectivity index (χ2v) is 6.41. The lowest BCUT2D eigenvalue weighted by molar-refractivity contribution is 0.184. The van der Waals surface area contributed by atoms with Crippen molar-refractivity contribution < 1.29 is 4.74 Å². The van der Waals surface area contributed by atoms with E-state index in [1.807, 2.05) is 24.3 Å². The van der Waals surface area contributed by atoms with Crippen molar-refractivity contribution in [2.75, 3.05) is 20.3 Å². The van der Waals surface area contributed by atoms with Crippen LogP contribution in [-0.4, -0.2) is 29.8 Å². The van der Waals surface area contributed by atoms with Crippen molar-refractivity contribution in [1.29, 1.82) is 0 Å². The number of benzene rings is 1. The minimum atomic E-state index is 0.0175. The number of rotatable bonds is 11. The number of methoxy groups -OCH3 is 1. The molecule has 0 aliphatic carbocycles. The van der Waals surface area contributed by atoms with Crippen LogP contribution in [0.5, 0.6) is 0 Å². The monoisotopic (exact) mass is 345 g/mol. The average molecular weight is 345 g/mol. The number of unbranched alkanes of at least 4 members (excludes halogenated alkanes) is 3. The Bertz CT molecular complexity index is 712. The Kier molecular flexibility index (Phi) is 8.09. The van der Waals surface area contributed by atoms with Crippen LogP contribution in [0.3, 0.4) is 0 Å². The summed E-state index contributed by atoms with van der Waals surface area (Å²) in [5, 5.41) is 4.26. The van der Waals surface area contributed by atoms with Gasteiger partial charge in [-0.3, -0.25) is 9.36 Å². The van der Waals surface area contributed by atoms with Crippen LogP contribution in [0.4, 0.5) is 0 Å². The predicted octanol–water partition coefficient (Wildman–Crippen LogP) is 3.66. The highest BCUT2D eigenvalue weighted by atomic mass is 16.5. The Morgan fingerprint density at radius 1 is 1.20 bits per heavy atom. The van der Waals surface area contributed by atoms with Crippen LogP contribution < -0.4 is 10.9 Å². The second-order valence-electron chi connectivity index (χ2n) is 6.41.